The van der Waals surface area contributed by atoms with Gasteiger partial charge in [0.25, 0.3) is 0 Å². The van der Waals surface area contributed by atoms with E-state index < -0.39 is 5.82 Å². The van der Waals surface area contributed by atoms with Gasteiger partial charge in [0, 0.05) is 56.7 Å². The van der Waals surface area contributed by atoms with Gasteiger partial charge in [-0.15, -0.1) is 0 Å². The normalized spacial score (nSPS) is 13.2. The number of likely N-dealkylation sites (tertiary alicyclic amines) is 1. The van der Waals surface area contributed by atoms with E-state index in [0.717, 1.165) is 13.0 Å². The van der Waals surface area contributed by atoms with Crippen LogP contribution in [-0.4, -0.2) is 66.8 Å². The van der Waals surface area contributed by atoms with Gasteiger partial charge >= 0.3 is 6.03 Å². The Hall–Kier alpha value is -3.99. The molecule has 2 heterocycles. The SMILES string of the molecule is COCCOc1cc(F)c2c(Nc3ccc(NC(=O)NCCN4CCCC4=O)cc3)ncnc2c1. The van der Waals surface area contributed by atoms with Gasteiger partial charge in [0.05, 0.1) is 17.5 Å². The molecule has 0 aliphatic carbocycles. The molecule has 0 bridgehead atoms. The Morgan fingerprint density at radius 1 is 1.14 bits per heavy atom. The van der Waals surface area contributed by atoms with Crippen molar-refractivity contribution in [1.29, 1.82) is 0 Å². The second-order valence-corrected chi connectivity index (χ2v) is 7.93. The van der Waals surface area contributed by atoms with Crippen molar-refractivity contribution in [3.63, 3.8) is 0 Å². The van der Waals surface area contributed by atoms with Gasteiger partial charge in [-0.05, 0) is 30.7 Å². The molecule has 11 heteroatoms. The molecule has 184 valence electrons. The first-order valence-corrected chi connectivity index (χ1v) is 11.3. The molecule has 1 aliphatic heterocycles. The van der Waals surface area contributed by atoms with E-state index in [2.05, 4.69) is 25.9 Å². The fourth-order valence-corrected chi connectivity index (χ4v) is 3.73. The number of hydrogen-bond donors (Lipinski definition) is 3. The van der Waals surface area contributed by atoms with Gasteiger partial charge in [-0.3, -0.25) is 4.79 Å². The lowest BCUT2D eigenvalue weighted by molar-refractivity contribution is -0.127. The van der Waals surface area contributed by atoms with Gasteiger partial charge < -0.3 is 30.3 Å². The Kier molecular flexibility index (Phi) is 7.88. The van der Waals surface area contributed by atoms with Gasteiger partial charge in [0.15, 0.2) is 0 Å². The molecule has 10 nitrogen and oxygen atoms in total. The van der Waals surface area contributed by atoms with Gasteiger partial charge in [-0.25, -0.2) is 19.2 Å². The summed E-state index contributed by atoms with van der Waals surface area (Å²) in [5.74, 6) is 0.286. The molecule has 1 fully saturated rings. The van der Waals surface area contributed by atoms with E-state index >= 15 is 0 Å². The fourth-order valence-electron chi connectivity index (χ4n) is 3.73. The summed E-state index contributed by atoms with van der Waals surface area (Å²) in [4.78, 5) is 33.8. The highest BCUT2D eigenvalue weighted by Gasteiger charge is 2.19. The van der Waals surface area contributed by atoms with Crippen molar-refractivity contribution in [1.82, 2.24) is 20.2 Å². The quantitative estimate of drug-likeness (QED) is 0.380. The van der Waals surface area contributed by atoms with Crippen molar-refractivity contribution < 1.29 is 23.5 Å². The molecule has 3 amide bonds. The third kappa shape index (κ3) is 6.33. The highest BCUT2D eigenvalue weighted by Crippen LogP contribution is 2.29. The summed E-state index contributed by atoms with van der Waals surface area (Å²) in [5.41, 5.74) is 1.64. The van der Waals surface area contributed by atoms with Crippen LogP contribution in [0.2, 0.25) is 0 Å². The molecule has 35 heavy (non-hydrogen) atoms. The number of anilines is 3. The van der Waals surface area contributed by atoms with Gasteiger partial charge in [-0.1, -0.05) is 0 Å². The largest absolute Gasteiger partial charge is 0.491 e. The Labute approximate surface area is 201 Å². The third-order valence-corrected chi connectivity index (χ3v) is 5.46. The minimum Gasteiger partial charge on any atom is -0.491 e. The summed E-state index contributed by atoms with van der Waals surface area (Å²) in [6, 6.07) is 9.49. The minimum atomic E-state index is -0.511. The maximum Gasteiger partial charge on any atom is 0.319 e. The number of nitrogens with one attached hydrogen (secondary N) is 3. The highest BCUT2D eigenvalue weighted by atomic mass is 19.1. The molecular weight excluding hydrogens is 455 g/mol. The number of ether oxygens (including phenoxy) is 2. The van der Waals surface area contributed by atoms with Crippen molar-refractivity contribution in [3.8, 4) is 5.75 Å². The van der Waals surface area contributed by atoms with E-state index in [1.165, 1.54) is 12.4 Å². The molecule has 0 atom stereocenters. The first-order valence-electron chi connectivity index (χ1n) is 11.3. The number of rotatable bonds is 10. The Morgan fingerprint density at radius 3 is 2.69 bits per heavy atom. The zero-order valence-electron chi connectivity index (χ0n) is 19.3. The van der Waals surface area contributed by atoms with Gasteiger partial charge in [-0.2, -0.15) is 0 Å². The number of halogens is 1. The van der Waals surface area contributed by atoms with Crippen LogP contribution in [0.4, 0.5) is 26.4 Å². The lowest BCUT2D eigenvalue weighted by Gasteiger charge is -2.16. The molecular formula is C24H27FN6O4. The highest BCUT2D eigenvalue weighted by molar-refractivity contribution is 5.92. The third-order valence-electron chi connectivity index (χ3n) is 5.46. The lowest BCUT2D eigenvalue weighted by Crippen LogP contribution is -2.37. The number of aromatic nitrogens is 2. The summed E-state index contributed by atoms with van der Waals surface area (Å²) in [7, 11) is 1.56. The van der Waals surface area contributed by atoms with Crippen LogP contribution < -0.4 is 20.7 Å². The van der Waals surface area contributed by atoms with E-state index in [-0.39, 0.29) is 17.3 Å². The summed E-state index contributed by atoms with van der Waals surface area (Å²) < 4.78 is 25.3. The maximum atomic E-state index is 14.8. The standard InChI is InChI=1S/C24H27FN6O4/c1-34-11-12-35-18-13-19(25)22-20(14-18)27-15-28-23(22)29-16-4-6-17(7-5-16)30-24(33)26-8-10-31-9-2-3-21(31)32/h4-7,13-15H,2-3,8-12H2,1H3,(H2,26,30,33)(H,27,28,29). The Balaban J connectivity index is 1.35. The van der Waals surface area contributed by atoms with E-state index in [4.69, 9.17) is 9.47 Å². The molecule has 4 rings (SSSR count). The minimum absolute atomic E-state index is 0.127. The number of carbonyl (C=O) groups excluding carboxylic acids is 2. The summed E-state index contributed by atoms with van der Waals surface area (Å²) in [6.07, 6.45) is 2.79. The second kappa shape index (κ2) is 11.4. The van der Waals surface area contributed by atoms with Crippen molar-refractivity contribution >= 4 is 40.0 Å². The molecule has 2 aromatic carbocycles. The number of methoxy groups -OCH3 is 1. The Morgan fingerprint density at radius 2 is 1.94 bits per heavy atom. The first kappa shape index (κ1) is 24.1. The molecule has 1 aliphatic rings. The van der Waals surface area contributed by atoms with Crippen molar-refractivity contribution in [2.45, 2.75) is 12.8 Å². The lowest BCUT2D eigenvalue weighted by atomic mass is 10.2. The predicted octanol–water partition coefficient (Wildman–Crippen LogP) is 3.28. The molecule has 1 aromatic heterocycles. The predicted molar refractivity (Wildman–Crippen MR) is 129 cm³/mol. The summed E-state index contributed by atoms with van der Waals surface area (Å²) in [6.45, 7) is 2.31. The number of amides is 3. The summed E-state index contributed by atoms with van der Waals surface area (Å²) in [5, 5.41) is 8.82. The van der Waals surface area contributed by atoms with Crippen LogP contribution in [0, 0.1) is 5.82 Å². The molecule has 0 saturated carbocycles. The number of carbonyl (C=O) groups is 2. The van der Waals surface area contributed by atoms with Gasteiger partial charge in [0.1, 0.15) is 30.3 Å². The summed E-state index contributed by atoms with van der Waals surface area (Å²) >= 11 is 0. The number of urea groups is 1. The molecule has 3 aromatic rings. The topological polar surface area (TPSA) is 118 Å². The van der Waals surface area contributed by atoms with Crippen LogP contribution in [-0.2, 0) is 9.53 Å². The van der Waals surface area contributed by atoms with E-state index in [0.29, 0.717) is 61.2 Å². The molecule has 1 saturated heterocycles. The average Bonchev–Trinajstić information content (AvgIpc) is 3.25. The van der Waals surface area contributed by atoms with Gasteiger partial charge in [0.2, 0.25) is 5.91 Å². The number of fused-ring (bicyclic) bond motifs is 1. The molecule has 3 N–H and O–H groups in total. The smallest absolute Gasteiger partial charge is 0.319 e. The number of hydrogen-bond acceptors (Lipinski definition) is 7. The van der Waals surface area contributed by atoms with Crippen molar-refractivity contribution in [2.24, 2.45) is 0 Å². The van der Waals surface area contributed by atoms with Crippen molar-refractivity contribution in [2.75, 3.05) is 50.6 Å². The van der Waals surface area contributed by atoms with E-state index in [1.54, 1.807) is 42.3 Å². The van der Waals surface area contributed by atoms with Crippen LogP contribution in [0.25, 0.3) is 10.9 Å². The van der Waals surface area contributed by atoms with Crippen LogP contribution in [0.5, 0.6) is 5.75 Å². The van der Waals surface area contributed by atoms with Crippen LogP contribution in [0.3, 0.4) is 0 Å². The van der Waals surface area contributed by atoms with Crippen LogP contribution in [0.1, 0.15) is 12.8 Å². The zero-order chi connectivity index (χ0) is 24.6. The second-order valence-electron chi connectivity index (χ2n) is 7.93. The number of nitrogens with zero attached hydrogens (tertiary/aromatic N) is 3. The maximum absolute atomic E-state index is 14.8. The fraction of sp³-hybridized carbons (Fsp3) is 0.333. The van der Waals surface area contributed by atoms with E-state index in [9.17, 15) is 14.0 Å². The molecule has 0 spiro atoms. The molecule has 0 unspecified atom stereocenters. The first-order chi connectivity index (χ1) is 17.0. The Bertz CT molecular complexity index is 1190. The average molecular weight is 483 g/mol. The monoisotopic (exact) mass is 482 g/mol. The van der Waals surface area contributed by atoms with Crippen LogP contribution in [0.15, 0.2) is 42.7 Å². The van der Waals surface area contributed by atoms with E-state index in [1.807, 2.05) is 0 Å². The zero-order valence-corrected chi connectivity index (χ0v) is 19.3. The number of benzene rings is 2. The van der Waals surface area contributed by atoms with Crippen molar-refractivity contribution in [3.05, 3.63) is 48.5 Å². The molecule has 0 radical (unpaired) electrons. The van der Waals surface area contributed by atoms with Crippen LogP contribution >= 0.6 is 0 Å².